The fourth-order valence-corrected chi connectivity index (χ4v) is 1.68. The third kappa shape index (κ3) is 1.91. The maximum absolute atomic E-state index is 11.8. The normalized spacial score (nSPS) is 15.7. The highest BCUT2D eigenvalue weighted by atomic mass is 16.4. The summed E-state index contributed by atoms with van der Waals surface area (Å²) in [7, 11) is 0. The van der Waals surface area contributed by atoms with Crippen LogP contribution in [0.2, 0.25) is 0 Å². The Morgan fingerprint density at radius 1 is 1.07 bits per heavy atom. The lowest BCUT2D eigenvalue weighted by Crippen LogP contribution is -2.21. The molecule has 0 heterocycles. The van der Waals surface area contributed by atoms with Gasteiger partial charge in [0.2, 0.25) is 0 Å². The molecule has 2 rings (SSSR count). The van der Waals surface area contributed by atoms with Crippen LogP contribution in [0, 0.1) is 5.92 Å². The van der Waals surface area contributed by atoms with Crippen LogP contribution in [0.3, 0.4) is 0 Å². The summed E-state index contributed by atoms with van der Waals surface area (Å²) in [5.74, 6) is -0.642. The Kier molecular flexibility index (Phi) is 2.54. The van der Waals surface area contributed by atoms with Crippen LogP contribution in [0.4, 0.5) is 0 Å². The van der Waals surface area contributed by atoms with Crippen molar-refractivity contribution in [2.75, 3.05) is 0 Å². The highest BCUT2D eigenvalue weighted by molar-refractivity contribution is 5.99. The van der Waals surface area contributed by atoms with E-state index in [1.54, 1.807) is 12.1 Å². The molecule has 78 valence electrons. The summed E-state index contributed by atoms with van der Waals surface area (Å²) in [6.07, 6.45) is 3.07. The van der Waals surface area contributed by atoms with Gasteiger partial charge in [0.15, 0.2) is 5.78 Å². The summed E-state index contributed by atoms with van der Waals surface area (Å²) in [5.41, 5.74) is 0.852. The van der Waals surface area contributed by atoms with E-state index < -0.39 is 5.97 Å². The highest BCUT2D eigenvalue weighted by Gasteiger charge is 2.25. The minimum atomic E-state index is -0.961. The van der Waals surface area contributed by atoms with E-state index >= 15 is 0 Å². The lowest BCUT2D eigenvalue weighted by molar-refractivity contribution is 0.0696. The highest BCUT2D eigenvalue weighted by Crippen LogP contribution is 2.29. The average molecular weight is 204 g/mol. The molecule has 0 spiro atoms. The molecule has 1 aliphatic carbocycles. The molecule has 1 aromatic rings. The third-order valence-corrected chi connectivity index (χ3v) is 2.89. The molecular formula is C12H12O3. The van der Waals surface area contributed by atoms with Gasteiger partial charge in [-0.15, -0.1) is 0 Å². The largest absolute Gasteiger partial charge is 0.478 e. The van der Waals surface area contributed by atoms with E-state index in [1.165, 1.54) is 12.1 Å². The standard InChI is InChI=1S/C12H12O3/c13-11(8-2-1-3-8)9-4-6-10(7-5-9)12(14)15/h4-8H,1-3H2,(H,14,15). The van der Waals surface area contributed by atoms with Crippen molar-refractivity contribution in [2.24, 2.45) is 5.92 Å². The van der Waals surface area contributed by atoms with Gasteiger partial charge >= 0.3 is 5.97 Å². The predicted octanol–water partition coefficient (Wildman–Crippen LogP) is 2.37. The zero-order chi connectivity index (χ0) is 10.8. The van der Waals surface area contributed by atoms with E-state index in [2.05, 4.69) is 0 Å². The van der Waals surface area contributed by atoms with Crippen LogP contribution in [0.1, 0.15) is 40.0 Å². The molecule has 0 amide bonds. The summed E-state index contributed by atoms with van der Waals surface area (Å²) in [4.78, 5) is 22.4. The lowest BCUT2D eigenvalue weighted by atomic mass is 9.80. The Hall–Kier alpha value is -1.64. The number of Topliss-reactive ketones (excluding diaryl/α,β-unsaturated/α-hetero) is 1. The van der Waals surface area contributed by atoms with Crippen molar-refractivity contribution >= 4 is 11.8 Å². The number of carboxylic acid groups (broad SMARTS) is 1. The van der Waals surface area contributed by atoms with Gasteiger partial charge in [0, 0.05) is 11.5 Å². The first-order chi connectivity index (χ1) is 7.18. The number of hydrogen-bond acceptors (Lipinski definition) is 2. The minimum Gasteiger partial charge on any atom is -0.478 e. The average Bonchev–Trinajstić information content (AvgIpc) is 2.15. The van der Waals surface area contributed by atoms with E-state index in [0.29, 0.717) is 5.56 Å². The maximum atomic E-state index is 11.8. The Labute approximate surface area is 87.7 Å². The molecule has 1 aromatic carbocycles. The van der Waals surface area contributed by atoms with Crippen LogP contribution < -0.4 is 0 Å². The Morgan fingerprint density at radius 3 is 2.00 bits per heavy atom. The van der Waals surface area contributed by atoms with Crippen molar-refractivity contribution in [3.63, 3.8) is 0 Å². The summed E-state index contributed by atoms with van der Waals surface area (Å²) in [6.45, 7) is 0. The molecule has 1 fully saturated rings. The number of hydrogen-bond donors (Lipinski definition) is 1. The first-order valence-corrected chi connectivity index (χ1v) is 5.06. The fraction of sp³-hybridized carbons (Fsp3) is 0.333. The van der Waals surface area contributed by atoms with Gasteiger partial charge in [0.25, 0.3) is 0 Å². The SMILES string of the molecule is O=C(O)c1ccc(C(=O)C2CCC2)cc1. The molecule has 1 aliphatic rings. The summed E-state index contributed by atoms with van der Waals surface area (Å²) in [5, 5.41) is 8.70. The van der Waals surface area contributed by atoms with Crippen LogP contribution in [0.5, 0.6) is 0 Å². The molecule has 3 nitrogen and oxygen atoms in total. The molecule has 0 atom stereocenters. The molecule has 0 radical (unpaired) electrons. The molecule has 0 saturated heterocycles. The number of benzene rings is 1. The Morgan fingerprint density at radius 2 is 1.60 bits per heavy atom. The number of carbonyl (C=O) groups excluding carboxylic acids is 1. The summed E-state index contributed by atoms with van der Waals surface area (Å²) in [6, 6.07) is 6.16. The van der Waals surface area contributed by atoms with Crippen molar-refractivity contribution in [1.82, 2.24) is 0 Å². The van der Waals surface area contributed by atoms with Gasteiger partial charge in [0.1, 0.15) is 0 Å². The quantitative estimate of drug-likeness (QED) is 0.769. The molecule has 0 unspecified atom stereocenters. The second-order valence-electron chi connectivity index (χ2n) is 3.87. The molecular weight excluding hydrogens is 192 g/mol. The third-order valence-electron chi connectivity index (χ3n) is 2.89. The number of aromatic carboxylic acids is 1. The molecule has 15 heavy (non-hydrogen) atoms. The number of rotatable bonds is 3. The van der Waals surface area contributed by atoms with E-state index in [4.69, 9.17) is 5.11 Å². The van der Waals surface area contributed by atoms with Gasteiger partial charge in [-0.05, 0) is 25.0 Å². The topological polar surface area (TPSA) is 54.4 Å². The molecule has 1 N–H and O–H groups in total. The van der Waals surface area contributed by atoms with Crippen LogP contribution in [0.25, 0.3) is 0 Å². The van der Waals surface area contributed by atoms with Gasteiger partial charge in [-0.1, -0.05) is 18.6 Å². The van der Waals surface area contributed by atoms with Gasteiger partial charge in [-0.25, -0.2) is 4.79 Å². The molecule has 0 aliphatic heterocycles. The van der Waals surface area contributed by atoms with Gasteiger partial charge in [-0.3, -0.25) is 4.79 Å². The van der Waals surface area contributed by atoms with E-state index in [0.717, 1.165) is 19.3 Å². The number of carboxylic acids is 1. The maximum Gasteiger partial charge on any atom is 0.335 e. The van der Waals surface area contributed by atoms with Crippen molar-refractivity contribution in [3.05, 3.63) is 35.4 Å². The van der Waals surface area contributed by atoms with Crippen LogP contribution in [0.15, 0.2) is 24.3 Å². The van der Waals surface area contributed by atoms with Crippen LogP contribution in [-0.2, 0) is 0 Å². The second kappa shape index (κ2) is 3.85. The first-order valence-electron chi connectivity index (χ1n) is 5.06. The van der Waals surface area contributed by atoms with Crippen molar-refractivity contribution in [3.8, 4) is 0 Å². The Balaban J connectivity index is 2.15. The lowest BCUT2D eigenvalue weighted by Gasteiger charge is -2.23. The molecule has 3 heteroatoms. The molecule has 1 saturated carbocycles. The van der Waals surface area contributed by atoms with E-state index in [-0.39, 0.29) is 17.3 Å². The zero-order valence-electron chi connectivity index (χ0n) is 8.27. The van der Waals surface area contributed by atoms with E-state index in [9.17, 15) is 9.59 Å². The van der Waals surface area contributed by atoms with Crippen LogP contribution >= 0.6 is 0 Å². The summed E-state index contributed by atoms with van der Waals surface area (Å²) < 4.78 is 0. The first kappa shape index (κ1) is 9.90. The van der Waals surface area contributed by atoms with Gasteiger partial charge in [0.05, 0.1) is 5.56 Å². The monoisotopic (exact) mass is 204 g/mol. The smallest absolute Gasteiger partial charge is 0.335 e. The van der Waals surface area contributed by atoms with Crippen molar-refractivity contribution in [1.29, 1.82) is 0 Å². The number of ketones is 1. The zero-order valence-corrected chi connectivity index (χ0v) is 8.27. The summed E-state index contributed by atoms with van der Waals surface area (Å²) >= 11 is 0. The number of carbonyl (C=O) groups is 2. The van der Waals surface area contributed by atoms with Gasteiger partial charge < -0.3 is 5.11 Å². The predicted molar refractivity (Wildman–Crippen MR) is 55.1 cm³/mol. The van der Waals surface area contributed by atoms with Crippen molar-refractivity contribution in [2.45, 2.75) is 19.3 Å². The molecule has 0 bridgehead atoms. The van der Waals surface area contributed by atoms with Crippen molar-refractivity contribution < 1.29 is 14.7 Å². The molecule has 0 aromatic heterocycles. The fourth-order valence-electron chi connectivity index (χ4n) is 1.68. The van der Waals surface area contributed by atoms with E-state index in [1.807, 2.05) is 0 Å². The van der Waals surface area contributed by atoms with Gasteiger partial charge in [-0.2, -0.15) is 0 Å². The second-order valence-corrected chi connectivity index (χ2v) is 3.87. The minimum absolute atomic E-state index is 0.151. The van der Waals surface area contributed by atoms with Crippen LogP contribution in [-0.4, -0.2) is 16.9 Å². The Bertz CT molecular complexity index is 388.